The lowest BCUT2D eigenvalue weighted by Crippen LogP contribution is -2.29. The third-order valence-corrected chi connectivity index (χ3v) is 7.56. The summed E-state index contributed by atoms with van der Waals surface area (Å²) in [6.45, 7) is 3.49. The molecular weight excluding hydrogens is 475 g/mol. The van der Waals surface area contributed by atoms with Gasteiger partial charge in [0.15, 0.2) is 5.65 Å². The first-order chi connectivity index (χ1) is 16.7. The zero-order valence-corrected chi connectivity index (χ0v) is 20.2. The van der Waals surface area contributed by atoms with Crippen LogP contribution in [0.25, 0.3) is 11.2 Å². The minimum atomic E-state index is -4.57. The average molecular weight is 500 g/mol. The maximum absolute atomic E-state index is 13.7. The van der Waals surface area contributed by atoms with Gasteiger partial charge in [-0.25, -0.2) is 9.36 Å². The molecule has 182 valence electrons. The molecule has 1 aliphatic carbocycles. The molecule has 4 aromatic rings. The molecule has 0 spiro atoms. The fourth-order valence-corrected chi connectivity index (χ4v) is 5.71. The van der Waals surface area contributed by atoms with Gasteiger partial charge in [-0.05, 0) is 86.7 Å². The summed E-state index contributed by atoms with van der Waals surface area (Å²) in [6, 6.07) is 4.00. The van der Waals surface area contributed by atoms with Crippen molar-refractivity contribution in [1.82, 2.24) is 23.9 Å². The van der Waals surface area contributed by atoms with Crippen LogP contribution in [-0.4, -0.2) is 23.9 Å². The van der Waals surface area contributed by atoms with Gasteiger partial charge in [-0.3, -0.25) is 19.3 Å². The molecule has 0 aromatic carbocycles. The topological polar surface area (TPSA) is 73.6 Å². The Balaban J connectivity index is 1.54. The van der Waals surface area contributed by atoms with Gasteiger partial charge in [-0.15, -0.1) is 0 Å². The Labute approximate surface area is 204 Å². The largest absolute Gasteiger partial charge is 0.418 e. The maximum Gasteiger partial charge on any atom is 0.418 e. The molecule has 35 heavy (non-hydrogen) atoms. The van der Waals surface area contributed by atoms with Crippen molar-refractivity contribution < 1.29 is 13.2 Å². The first kappa shape index (κ1) is 23.6. The Morgan fingerprint density at radius 1 is 1.06 bits per heavy atom. The molecule has 4 aromatic heterocycles. The summed E-state index contributed by atoms with van der Waals surface area (Å²) in [4.78, 5) is 27.8. The highest BCUT2D eigenvalue weighted by atomic mass is 32.1. The molecule has 0 amide bonds. The van der Waals surface area contributed by atoms with E-state index in [4.69, 9.17) is 0 Å². The van der Waals surface area contributed by atoms with Crippen LogP contribution in [0.5, 0.6) is 0 Å². The van der Waals surface area contributed by atoms with E-state index >= 15 is 0 Å². The van der Waals surface area contributed by atoms with Crippen molar-refractivity contribution in [3.05, 3.63) is 80.1 Å². The summed E-state index contributed by atoms with van der Waals surface area (Å²) < 4.78 is 46.5. The van der Waals surface area contributed by atoms with Gasteiger partial charge in [0, 0.05) is 29.0 Å². The SMILES string of the molecule is Cc1cnc2cc([C@H]3CC[C@H](c4cnsc4C)CC3)c(=O)n(Cc3ncccc3C(F)(F)F)c2n1. The Kier molecular flexibility index (Phi) is 6.16. The number of fused-ring (bicyclic) bond motifs is 1. The quantitative estimate of drug-likeness (QED) is 0.357. The lowest BCUT2D eigenvalue weighted by Gasteiger charge is -2.29. The van der Waals surface area contributed by atoms with Crippen molar-refractivity contribution >= 4 is 22.7 Å². The van der Waals surface area contributed by atoms with Crippen molar-refractivity contribution in [2.24, 2.45) is 0 Å². The van der Waals surface area contributed by atoms with Gasteiger partial charge in [0.05, 0.1) is 23.5 Å². The molecule has 1 fully saturated rings. The average Bonchev–Trinajstić information content (AvgIpc) is 3.26. The van der Waals surface area contributed by atoms with E-state index in [0.717, 1.165) is 31.7 Å². The van der Waals surface area contributed by atoms with Crippen molar-refractivity contribution in [1.29, 1.82) is 0 Å². The summed E-state index contributed by atoms with van der Waals surface area (Å²) >= 11 is 1.50. The molecule has 1 aliphatic rings. The standard InChI is InChI=1S/C25H24F3N5OS/c1-14-11-30-21-10-18(16-5-7-17(8-6-16)19-12-31-35-15(19)2)24(34)33(23(21)32-14)13-22-20(25(26,27)28)4-3-9-29-22/h3-4,9-12,16-17H,5-8,13H2,1-2H3/t16-,17-. The second kappa shape index (κ2) is 9.14. The number of pyridine rings is 2. The third-order valence-electron chi connectivity index (χ3n) is 6.84. The summed E-state index contributed by atoms with van der Waals surface area (Å²) in [7, 11) is 0. The van der Waals surface area contributed by atoms with Crippen LogP contribution < -0.4 is 5.56 Å². The van der Waals surface area contributed by atoms with Crippen molar-refractivity contribution in [3.8, 4) is 0 Å². The highest BCUT2D eigenvalue weighted by Gasteiger charge is 2.34. The van der Waals surface area contributed by atoms with E-state index in [1.54, 1.807) is 19.2 Å². The fraction of sp³-hybridized carbons (Fsp3) is 0.400. The lowest BCUT2D eigenvalue weighted by atomic mass is 9.76. The summed E-state index contributed by atoms with van der Waals surface area (Å²) in [5.74, 6) is 0.424. The van der Waals surface area contributed by atoms with Gasteiger partial charge >= 0.3 is 6.18 Å². The molecule has 0 saturated heterocycles. The number of aryl methyl sites for hydroxylation is 2. The minimum Gasteiger partial charge on any atom is -0.285 e. The molecular formula is C25H24F3N5OS. The molecule has 0 unspecified atom stereocenters. The molecule has 0 N–H and O–H groups in total. The second-order valence-corrected chi connectivity index (χ2v) is 10.1. The van der Waals surface area contributed by atoms with Crippen LogP contribution >= 0.6 is 11.5 Å². The van der Waals surface area contributed by atoms with E-state index in [0.29, 0.717) is 22.7 Å². The molecule has 0 aliphatic heterocycles. The first-order valence-electron chi connectivity index (χ1n) is 11.5. The molecule has 0 radical (unpaired) electrons. The van der Waals surface area contributed by atoms with E-state index in [1.165, 1.54) is 38.8 Å². The van der Waals surface area contributed by atoms with Crippen molar-refractivity contribution in [2.45, 2.75) is 64.1 Å². The number of rotatable bonds is 4. The number of hydrogen-bond acceptors (Lipinski definition) is 6. The zero-order chi connectivity index (χ0) is 24.7. The van der Waals surface area contributed by atoms with Crippen molar-refractivity contribution in [3.63, 3.8) is 0 Å². The van der Waals surface area contributed by atoms with Crippen LogP contribution in [0.1, 0.15) is 70.5 Å². The zero-order valence-electron chi connectivity index (χ0n) is 19.3. The second-order valence-electron chi connectivity index (χ2n) is 9.09. The highest BCUT2D eigenvalue weighted by Crippen LogP contribution is 2.41. The molecule has 1 saturated carbocycles. The molecule has 0 atom stereocenters. The number of aromatic nitrogens is 5. The minimum absolute atomic E-state index is 0.00947. The van der Waals surface area contributed by atoms with Crippen LogP contribution in [0.15, 0.2) is 41.6 Å². The maximum atomic E-state index is 13.7. The Morgan fingerprint density at radius 2 is 1.77 bits per heavy atom. The summed E-state index contributed by atoms with van der Waals surface area (Å²) in [6.07, 6.45) is 3.77. The monoisotopic (exact) mass is 499 g/mol. The van der Waals surface area contributed by atoms with E-state index < -0.39 is 11.7 Å². The van der Waals surface area contributed by atoms with E-state index in [1.807, 2.05) is 6.20 Å². The van der Waals surface area contributed by atoms with Crippen LogP contribution in [0.4, 0.5) is 13.2 Å². The van der Waals surface area contributed by atoms with Gasteiger partial charge in [-0.1, -0.05) is 0 Å². The smallest absolute Gasteiger partial charge is 0.285 e. The highest BCUT2D eigenvalue weighted by molar-refractivity contribution is 7.05. The predicted molar refractivity (Wildman–Crippen MR) is 128 cm³/mol. The summed E-state index contributed by atoms with van der Waals surface area (Å²) in [5.41, 5.74) is 1.81. The fourth-order valence-electron chi connectivity index (χ4n) is 5.06. The third kappa shape index (κ3) is 4.59. The molecule has 5 rings (SSSR count). The van der Waals surface area contributed by atoms with Gasteiger partial charge < -0.3 is 0 Å². The Hall–Kier alpha value is -3.14. The van der Waals surface area contributed by atoms with Gasteiger partial charge in [0.1, 0.15) is 5.52 Å². The number of alkyl halides is 3. The normalized spacial score (nSPS) is 18.8. The number of halogens is 3. The number of hydrogen-bond donors (Lipinski definition) is 0. The Bertz CT molecular complexity index is 1440. The molecule has 4 heterocycles. The van der Waals surface area contributed by atoms with Crippen LogP contribution in [0.2, 0.25) is 0 Å². The van der Waals surface area contributed by atoms with E-state index in [9.17, 15) is 18.0 Å². The first-order valence-corrected chi connectivity index (χ1v) is 12.3. The van der Waals surface area contributed by atoms with Gasteiger partial charge in [0.2, 0.25) is 0 Å². The van der Waals surface area contributed by atoms with Crippen molar-refractivity contribution in [2.75, 3.05) is 0 Å². The predicted octanol–water partition coefficient (Wildman–Crippen LogP) is 5.77. The lowest BCUT2D eigenvalue weighted by molar-refractivity contribution is -0.138. The van der Waals surface area contributed by atoms with Crippen LogP contribution in [-0.2, 0) is 12.7 Å². The van der Waals surface area contributed by atoms with Gasteiger partial charge in [-0.2, -0.15) is 13.2 Å². The Morgan fingerprint density at radius 3 is 2.43 bits per heavy atom. The van der Waals surface area contributed by atoms with E-state index in [-0.39, 0.29) is 29.4 Å². The van der Waals surface area contributed by atoms with Crippen LogP contribution in [0, 0.1) is 13.8 Å². The van der Waals surface area contributed by atoms with Crippen LogP contribution in [0.3, 0.4) is 0 Å². The van der Waals surface area contributed by atoms with Gasteiger partial charge in [0.25, 0.3) is 5.56 Å². The van der Waals surface area contributed by atoms with E-state index in [2.05, 4.69) is 26.2 Å². The molecule has 6 nitrogen and oxygen atoms in total. The number of nitrogens with zero attached hydrogens (tertiary/aromatic N) is 5. The molecule has 10 heteroatoms. The summed E-state index contributed by atoms with van der Waals surface area (Å²) in [5, 5.41) is 0. The molecule has 0 bridgehead atoms.